The Morgan fingerprint density at radius 3 is 2.76 bits per heavy atom. The van der Waals surface area contributed by atoms with Crippen LogP contribution in [0.15, 0.2) is 6.33 Å². The van der Waals surface area contributed by atoms with E-state index >= 15 is 0 Å². The molecule has 2 aromatic rings. The van der Waals surface area contributed by atoms with Gasteiger partial charge in [0.05, 0.1) is 5.69 Å². The largest absolute Gasteiger partial charge is 0.355 e. The Hall–Kier alpha value is -1.65. The van der Waals surface area contributed by atoms with Gasteiger partial charge >= 0.3 is 0 Å². The Labute approximate surface area is 100 Å². The van der Waals surface area contributed by atoms with E-state index in [-0.39, 0.29) is 0 Å². The number of H-pyrrole nitrogens is 1. The minimum absolute atomic E-state index is 0.824. The number of hydrogen-bond donors (Lipinski definition) is 1. The Bertz CT molecular complexity index is 525. The fourth-order valence-corrected chi connectivity index (χ4v) is 2.39. The average molecular weight is 231 g/mol. The molecule has 0 aliphatic carbocycles. The molecular formula is C12H17N5. The maximum Gasteiger partial charge on any atom is 0.160 e. The molecule has 0 bridgehead atoms. The maximum atomic E-state index is 4.40. The van der Waals surface area contributed by atoms with Crippen molar-refractivity contribution in [3.63, 3.8) is 0 Å². The van der Waals surface area contributed by atoms with Crippen molar-refractivity contribution in [2.45, 2.75) is 26.7 Å². The Morgan fingerprint density at radius 1 is 1.24 bits per heavy atom. The van der Waals surface area contributed by atoms with Gasteiger partial charge in [-0.05, 0) is 25.7 Å². The zero-order valence-electron chi connectivity index (χ0n) is 10.3. The quantitative estimate of drug-likeness (QED) is 0.814. The first-order valence-electron chi connectivity index (χ1n) is 6.16. The van der Waals surface area contributed by atoms with Gasteiger partial charge in [-0.25, -0.2) is 9.97 Å². The molecule has 0 saturated carbocycles. The second-order valence-electron chi connectivity index (χ2n) is 4.91. The molecule has 0 unspecified atom stereocenters. The molecule has 3 rings (SSSR count). The molecule has 3 heterocycles. The highest BCUT2D eigenvalue weighted by Gasteiger charge is 2.20. The van der Waals surface area contributed by atoms with Crippen LogP contribution in [-0.4, -0.2) is 33.3 Å². The van der Waals surface area contributed by atoms with E-state index in [0.717, 1.165) is 41.6 Å². The molecule has 1 fully saturated rings. The molecule has 1 aliphatic rings. The van der Waals surface area contributed by atoms with Crippen LogP contribution in [0, 0.1) is 12.8 Å². The molecule has 90 valence electrons. The first-order valence-corrected chi connectivity index (χ1v) is 6.16. The molecule has 5 heteroatoms. The lowest BCUT2D eigenvalue weighted by Gasteiger charge is -2.31. The summed E-state index contributed by atoms with van der Waals surface area (Å²) >= 11 is 0. The third-order valence-corrected chi connectivity index (χ3v) is 3.58. The standard InChI is InChI=1S/C12H17N5/c1-8-3-5-17(6-4-8)12-11-10(13-7-14-12)9(2)15-16-11/h7-8H,3-6H2,1-2H3,(H,15,16). The van der Waals surface area contributed by atoms with Crippen molar-refractivity contribution in [1.82, 2.24) is 20.2 Å². The molecule has 0 aromatic carbocycles. The molecule has 17 heavy (non-hydrogen) atoms. The van der Waals surface area contributed by atoms with Gasteiger partial charge in [0.25, 0.3) is 0 Å². The van der Waals surface area contributed by atoms with E-state index in [1.165, 1.54) is 12.8 Å². The van der Waals surface area contributed by atoms with Gasteiger partial charge in [-0.1, -0.05) is 6.92 Å². The Morgan fingerprint density at radius 2 is 2.00 bits per heavy atom. The van der Waals surface area contributed by atoms with Crippen LogP contribution in [0.25, 0.3) is 11.0 Å². The lowest BCUT2D eigenvalue weighted by Crippen LogP contribution is -2.33. The molecule has 0 amide bonds. The highest BCUT2D eigenvalue weighted by Crippen LogP contribution is 2.26. The fraction of sp³-hybridized carbons (Fsp3) is 0.583. The van der Waals surface area contributed by atoms with Crippen molar-refractivity contribution in [3.05, 3.63) is 12.0 Å². The summed E-state index contributed by atoms with van der Waals surface area (Å²) in [5, 5.41) is 7.31. The molecule has 5 nitrogen and oxygen atoms in total. The Kier molecular flexibility index (Phi) is 2.46. The summed E-state index contributed by atoms with van der Waals surface area (Å²) in [4.78, 5) is 11.0. The molecule has 2 aromatic heterocycles. The fourth-order valence-electron chi connectivity index (χ4n) is 2.39. The summed E-state index contributed by atoms with van der Waals surface area (Å²) in [6, 6.07) is 0. The number of hydrogen-bond acceptors (Lipinski definition) is 4. The van der Waals surface area contributed by atoms with Crippen molar-refractivity contribution in [2.24, 2.45) is 5.92 Å². The molecule has 0 atom stereocenters. The number of aryl methyl sites for hydroxylation is 1. The van der Waals surface area contributed by atoms with Crippen LogP contribution >= 0.6 is 0 Å². The monoisotopic (exact) mass is 231 g/mol. The van der Waals surface area contributed by atoms with Crippen LogP contribution in [0.2, 0.25) is 0 Å². The zero-order valence-corrected chi connectivity index (χ0v) is 10.3. The maximum absolute atomic E-state index is 4.40. The number of nitrogens with zero attached hydrogens (tertiary/aromatic N) is 4. The average Bonchev–Trinajstić information content (AvgIpc) is 2.73. The van der Waals surface area contributed by atoms with Crippen molar-refractivity contribution >= 4 is 16.9 Å². The van der Waals surface area contributed by atoms with Crippen molar-refractivity contribution in [3.8, 4) is 0 Å². The zero-order chi connectivity index (χ0) is 11.8. The van der Waals surface area contributed by atoms with E-state index in [9.17, 15) is 0 Å². The smallest absolute Gasteiger partial charge is 0.160 e. The summed E-state index contributed by atoms with van der Waals surface area (Å²) < 4.78 is 0. The number of fused-ring (bicyclic) bond motifs is 1. The number of aromatic amines is 1. The van der Waals surface area contributed by atoms with Crippen LogP contribution in [0.5, 0.6) is 0 Å². The summed E-state index contributed by atoms with van der Waals surface area (Å²) in [5.74, 6) is 1.80. The van der Waals surface area contributed by atoms with E-state index in [2.05, 4.69) is 32.0 Å². The van der Waals surface area contributed by atoms with Gasteiger partial charge in [0.2, 0.25) is 0 Å². The molecule has 0 radical (unpaired) electrons. The topological polar surface area (TPSA) is 57.7 Å². The second-order valence-corrected chi connectivity index (χ2v) is 4.91. The normalized spacial score (nSPS) is 17.9. The van der Waals surface area contributed by atoms with Crippen molar-refractivity contribution in [2.75, 3.05) is 18.0 Å². The van der Waals surface area contributed by atoms with Gasteiger partial charge < -0.3 is 4.90 Å². The van der Waals surface area contributed by atoms with Crippen LogP contribution < -0.4 is 4.90 Å². The minimum atomic E-state index is 0.824. The summed E-state index contributed by atoms with van der Waals surface area (Å²) in [6.45, 7) is 6.44. The second kappa shape index (κ2) is 3.98. The predicted octanol–water partition coefficient (Wildman–Crippen LogP) is 1.90. The van der Waals surface area contributed by atoms with Crippen LogP contribution in [0.4, 0.5) is 5.82 Å². The van der Waals surface area contributed by atoms with Crippen LogP contribution in [0.3, 0.4) is 0 Å². The van der Waals surface area contributed by atoms with Gasteiger partial charge in [-0.2, -0.15) is 5.10 Å². The third-order valence-electron chi connectivity index (χ3n) is 3.58. The van der Waals surface area contributed by atoms with E-state index in [1.807, 2.05) is 6.92 Å². The van der Waals surface area contributed by atoms with Gasteiger partial charge in [-0.3, -0.25) is 5.10 Å². The van der Waals surface area contributed by atoms with Crippen LogP contribution in [-0.2, 0) is 0 Å². The Balaban J connectivity index is 2.00. The van der Waals surface area contributed by atoms with Gasteiger partial charge in [0.1, 0.15) is 11.8 Å². The van der Waals surface area contributed by atoms with E-state index in [0.29, 0.717) is 0 Å². The van der Waals surface area contributed by atoms with Gasteiger partial charge in [-0.15, -0.1) is 0 Å². The molecule has 1 aliphatic heterocycles. The number of rotatable bonds is 1. The minimum Gasteiger partial charge on any atom is -0.355 e. The summed E-state index contributed by atoms with van der Waals surface area (Å²) in [6.07, 6.45) is 4.10. The van der Waals surface area contributed by atoms with Crippen LogP contribution in [0.1, 0.15) is 25.5 Å². The third kappa shape index (κ3) is 1.75. The SMILES string of the molecule is Cc1[nH]nc2c(N3CCC(C)CC3)ncnc12. The first-order chi connectivity index (χ1) is 8.25. The van der Waals surface area contributed by atoms with E-state index in [1.54, 1.807) is 6.33 Å². The lowest BCUT2D eigenvalue weighted by atomic mass is 9.99. The highest BCUT2D eigenvalue weighted by atomic mass is 15.2. The van der Waals surface area contributed by atoms with Gasteiger partial charge in [0.15, 0.2) is 11.3 Å². The molecule has 0 spiro atoms. The lowest BCUT2D eigenvalue weighted by molar-refractivity contribution is 0.437. The van der Waals surface area contributed by atoms with Crippen molar-refractivity contribution in [1.29, 1.82) is 0 Å². The summed E-state index contributed by atoms with van der Waals surface area (Å²) in [5.41, 5.74) is 2.85. The number of aromatic nitrogens is 4. The number of nitrogens with one attached hydrogen (secondary N) is 1. The highest BCUT2D eigenvalue weighted by molar-refractivity contribution is 5.86. The molecule has 1 N–H and O–H groups in total. The van der Waals surface area contributed by atoms with Gasteiger partial charge in [0, 0.05) is 13.1 Å². The molecule has 1 saturated heterocycles. The first kappa shape index (κ1) is 10.5. The number of piperidine rings is 1. The van der Waals surface area contributed by atoms with E-state index < -0.39 is 0 Å². The van der Waals surface area contributed by atoms with Crippen molar-refractivity contribution < 1.29 is 0 Å². The number of anilines is 1. The summed E-state index contributed by atoms with van der Waals surface area (Å²) in [7, 11) is 0. The predicted molar refractivity (Wildman–Crippen MR) is 67.0 cm³/mol. The van der Waals surface area contributed by atoms with E-state index in [4.69, 9.17) is 0 Å². The molecular weight excluding hydrogens is 214 g/mol.